The van der Waals surface area contributed by atoms with Crippen molar-refractivity contribution in [2.75, 3.05) is 33.7 Å². The summed E-state index contributed by atoms with van der Waals surface area (Å²) in [5.74, 6) is -7.89. The zero-order valence-electron chi connectivity index (χ0n) is 13.5. The highest BCUT2D eigenvalue weighted by atomic mass is 32.2. The molecule has 0 saturated heterocycles. The molecule has 144 valence electrons. The Labute approximate surface area is 137 Å². The van der Waals surface area contributed by atoms with Crippen LogP contribution < -0.4 is 5.32 Å². The highest BCUT2D eigenvalue weighted by Crippen LogP contribution is 2.35. The first kappa shape index (κ1) is 23.0. The van der Waals surface area contributed by atoms with E-state index in [1.807, 2.05) is 0 Å². The fraction of sp³-hybridized carbons (Fsp3) is 0.917. The van der Waals surface area contributed by atoms with E-state index >= 15 is 0 Å². The number of nitrogens with one attached hydrogen (secondary N) is 1. The molecule has 6 nitrogen and oxygen atoms in total. The maximum atomic E-state index is 12.7. The molecule has 0 heterocycles. The molecule has 1 unspecified atom stereocenters. The van der Waals surface area contributed by atoms with Gasteiger partial charge in [0.1, 0.15) is 5.25 Å². The summed E-state index contributed by atoms with van der Waals surface area (Å²) in [4.78, 5) is 10.9. The molecule has 0 aliphatic rings. The maximum absolute atomic E-state index is 12.7. The zero-order valence-corrected chi connectivity index (χ0v) is 14.3. The molecule has 0 rings (SSSR count). The van der Waals surface area contributed by atoms with Gasteiger partial charge in [-0.05, 0) is 6.42 Å². The van der Waals surface area contributed by atoms with Crippen LogP contribution in [-0.4, -0.2) is 74.4 Å². The molecule has 0 aliphatic heterocycles. The summed E-state index contributed by atoms with van der Waals surface area (Å²) in [6.07, 6.45) is -5.75. The van der Waals surface area contributed by atoms with Crippen molar-refractivity contribution >= 4 is 16.0 Å². The average Bonchev–Trinajstić information content (AvgIpc) is 2.38. The molecule has 1 amide bonds. The van der Waals surface area contributed by atoms with Crippen LogP contribution in [0.25, 0.3) is 0 Å². The molecule has 0 aliphatic carbocycles. The SMILES string of the molecule is CCC(C[N+](C)(C)CCCNC(=O)C(F)(F)C(F)(F)F)S(=O)(=O)O. The van der Waals surface area contributed by atoms with Crippen molar-refractivity contribution < 1.29 is 44.2 Å². The minimum absolute atomic E-state index is 0.0298. The number of carbonyl (C=O) groups is 1. The highest BCUT2D eigenvalue weighted by molar-refractivity contribution is 7.86. The Kier molecular flexibility index (Phi) is 7.58. The van der Waals surface area contributed by atoms with Crippen LogP contribution in [0.4, 0.5) is 22.0 Å². The number of amides is 1. The Hall–Kier alpha value is -1.01. The first-order valence-corrected chi connectivity index (χ1v) is 8.56. The highest BCUT2D eigenvalue weighted by Gasteiger charge is 2.63. The second-order valence-corrected chi connectivity index (χ2v) is 7.77. The van der Waals surface area contributed by atoms with Gasteiger partial charge in [-0.2, -0.15) is 30.4 Å². The number of rotatable bonds is 9. The molecule has 0 aromatic rings. The summed E-state index contributed by atoms with van der Waals surface area (Å²) in [5, 5.41) is 0.496. The van der Waals surface area contributed by atoms with E-state index in [1.54, 1.807) is 21.0 Å². The molecule has 1 atom stereocenters. The Morgan fingerprint density at radius 2 is 1.71 bits per heavy atom. The fourth-order valence-electron chi connectivity index (χ4n) is 2.03. The fourth-order valence-corrected chi connectivity index (χ4v) is 3.04. The normalized spacial score (nSPS) is 15.2. The van der Waals surface area contributed by atoms with Gasteiger partial charge < -0.3 is 9.80 Å². The first-order valence-electron chi connectivity index (χ1n) is 7.05. The van der Waals surface area contributed by atoms with Gasteiger partial charge in [0.2, 0.25) is 0 Å². The molecule has 0 bridgehead atoms. The molecule has 12 heteroatoms. The maximum Gasteiger partial charge on any atom is 0.463 e. The van der Waals surface area contributed by atoms with Crippen LogP contribution in [0, 0.1) is 0 Å². The molecular weight excluding hydrogens is 363 g/mol. The summed E-state index contributed by atoms with van der Waals surface area (Å²) in [6, 6.07) is 0. The van der Waals surface area contributed by atoms with Crippen LogP contribution in [0.5, 0.6) is 0 Å². The lowest BCUT2D eigenvalue weighted by molar-refractivity contribution is -0.890. The van der Waals surface area contributed by atoms with Crippen LogP contribution in [0.3, 0.4) is 0 Å². The summed E-state index contributed by atoms with van der Waals surface area (Å²) >= 11 is 0. The molecule has 0 radical (unpaired) electrons. The average molecular weight is 385 g/mol. The third-order valence-corrected chi connectivity index (χ3v) is 4.77. The number of alkyl halides is 5. The van der Waals surface area contributed by atoms with Gasteiger partial charge in [0.05, 0.1) is 27.2 Å². The summed E-state index contributed by atoms with van der Waals surface area (Å²) < 4.78 is 92.8. The predicted molar refractivity (Wildman–Crippen MR) is 76.1 cm³/mol. The molecular formula is C12H22F5N2O4S+. The molecule has 0 aromatic heterocycles. The summed E-state index contributed by atoms with van der Waals surface area (Å²) in [7, 11) is -1.02. The van der Waals surface area contributed by atoms with E-state index in [0.29, 0.717) is 0 Å². The predicted octanol–water partition coefficient (Wildman–Crippen LogP) is 1.43. The van der Waals surface area contributed by atoms with E-state index < -0.39 is 39.9 Å². The van der Waals surface area contributed by atoms with Crippen molar-refractivity contribution in [1.29, 1.82) is 0 Å². The Morgan fingerprint density at radius 1 is 1.21 bits per heavy atom. The number of halogens is 5. The molecule has 24 heavy (non-hydrogen) atoms. The minimum Gasteiger partial charge on any atom is -0.350 e. The lowest BCUT2D eigenvalue weighted by atomic mass is 10.2. The van der Waals surface area contributed by atoms with Gasteiger partial charge >= 0.3 is 12.1 Å². The van der Waals surface area contributed by atoms with Crippen LogP contribution >= 0.6 is 0 Å². The number of quaternary nitrogens is 1. The molecule has 0 aromatic carbocycles. The number of carbonyl (C=O) groups excluding carboxylic acids is 1. The summed E-state index contributed by atoms with van der Waals surface area (Å²) in [6.45, 7) is 1.37. The van der Waals surface area contributed by atoms with Crippen LogP contribution in [0.1, 0.15) is 19.8 Å². The first-order chi connectivity index (χ1) is 10.5. The lowest BCUT2D eigenvalue weighted by Gasteiger charge is -2.32. The Balaban J connectivity index is 4.49. The van der Waals surface area contributed by atoms with Crippen molar-refractivity contribution in [3.05, 3.63) is 0 Å². The number of hydrogen-bond donors (Lipinski definition) is 2. The van der Waals surface area contributed by atoms with E-state index in [0.717, 1.165) is 0 Å². The second-order valence-electron chi connectivity index (χ2n) is 6.07. The zero-order chi connectivity index (χ0) is 19.4. The van der Waals surface area contributed by atoms with Crippen LogP contribution in [0.15, 0.2) is 0 Å². The van der Waals surface area contributed by atoms with E-state index in [1.165, 1.54) is 5.32 Å². The van der Waals surface area contributed by atoms with Gasteiger partial charge in [-0.1, -0.05) is 6.92 Å². The van der Waals surface area contributed by atoms with Gasteiger partial charge in [-0.15, -0.1) is 0 Å². The van der Waals surface area contributed by atoms with Crippen LogP contribution in [-0.2, 0) is 14.9 Å². The van der Waals surface area contributed by atoms with E-state index in [4.69, 9.17) is 4.55 Å². The Bertz CT molecular complexity index is 534. The quantitative estimate of drug-likeness (QED) is 0.272. The monoisotopic (exact) mass is 385 g/mol. The molecule has 0 spiro atoms. The third-order valence-electron chi connectivity index (χ3n) is 3.44. The number of hydrogen-bond acceptors (Lipinski definition) is 3. The molecule has 0 fully saturated rings. The standard InChI is InChI=1S/C12H21F5N2O4S/c1-4-9(24(21,22)23)8-19(2,3)7-5-6-18-10(20)11(13,14)12(15,16)17/h9H,4-8H2,1-3H3,(H-,18,20,21,22,23)/p+1. The van der Waals surface area contributed by atoms with E-state index in [2.05, 4.69) is 0 Å². The van der Waals surface area contributed by atoms with E-state index in [-0.39, 0.29) is 30.4 Å². The van der Waals surface area contributed by atoms with Crippen molar-refractivity contribution in [2.45, 2.75) is 37.1 Å². The lowest BCUT2D eigenvalue weighted by Crippen LogP contribution is -2.51. The summed E-state index contributed by atoms with van der Waals surface area (Å²) in [5.41, 5.74) is 0. The van der Waals surface area contributed by atoms with Crippen molar-refractivity contribution in [3.8, 4) is 0 Å². The van der Waals surface area contributed by atoms with Gasteiger partial charge in [0.15, 0.2) is 0 Å². The second kappa shape index (κ2) is 7.91. The van der Waals surface area contributed by atoms with Crippen molar-refractivity contribution in [1.82, 2.24) is 5.32 Å². The van der Waals surface area contributed by atoms with Crippen molar-refractivity contribution in [2.24, 2.45) is 0 Å². The smallest absolute Gasteiger partial charge is 0.350 e. The van der Waals surface area contributed by atoms with Crippen molar-refractivity contribution in [3.63, 3.8) is 0 Å². The minimum atomic E-state index is -5.96. The topological polar surface area (TPSA) is 83.5 Å². The third kappa shape index (κ3) is 6.85. The number of nitrogens with zero attached hydrogens (tertiary/aromatic N) is 1. The largest absolute Gasteiger partial charge is 0.463 e. The van der Waals surface area contributed by atoms with Gasteiger partial charge in [-0.3, -0.25) is 9.35 Å². The Morgan fingerprint density at radius 3 is 2.08 bits per heavy atom. The van der Waals surface area contributed by atoms with Crippen LogP contribution in [0.2, 0.25) is 0 Å². The van der Waals surface area contributed by atoms with E-state index in [9.17, 15) is 35.2 Å². The van der Waals surface area contributed by atoms with Gasteiger partial charge in [-0.25, -0.2) is 0 Å². The van der Waals surface area contributed by atoms with Gasteiger partial charge in [0, 0.05) is 13.0 Å². The molecule has 2 N–H and O–H groups in total. The molecule has 0 saturated carbocycles. The van der Waals surface area contributed by atoms with Gasteiger partial charge in [0.25, 0.3) is 16.0 Å².